The molecule has 2 aliphatic rings. The molecule has 9 nitrogen and oxygen atoms in total. The normalized spacial score (nSPS) is 23.4. The maximum atomic E-state index is 12.7. The van der Waals surface area contributed by atoms with Crippen molar-refractivity contribution in [1.82, 2.24) is 19.9 Å². The van der Waals surface area contributed by atoms with E-state index in [4.69, 9.17) is 19.4 Å². The van der Waals surface area contributed by atoms with E-state index >= 15 is 0 Å². The molecule has 1 N–H and O–H groups in total. The maximum Gasteiger partial charge on any atom is 0.215 e. The summed E-state index contributed by atoms with van der Waals surface area (Å²) in [6.07, 6.45) is 3.04. The SMILES string of the molecule is COc1cc(-c2nc(C3CCCS3(=O)=O)cc(N3CCOC[C@H]3C)n2)c2cc[nH]c2n1. The van der Waals surface area contributed by atoms with E-state index < -0.39 is 15.1 Å². The quantitative estimate of drug-likeness (QED) is 0.655. The summed E-state index contributed by atoms with van der Waals surface area (Å²) in [5, 5.41) is 0.253. The Hall–Kier alpha value is -2.72. The fourth-order valence-corrected chi connectivity index (χ4v) is 6.25. The molecule has 2 atom stereocenters. The Morgan fingerprint density at radius 1 is 1.26 bits per heavy atom. The topological polar surface area (TPSA) is 110 Å². The van der Waals surface area contributed by atoms with Crippen molar-refractivity contribution in [3.05, 3.63) is 30.1 Å². The van der Waals surface area contributed by atoms with Gasteiger partial charge in [-0.2, -0.15) is 4.98 Å². The highest BCUT2D eigenvalue weighted by atomic mass is 32.2. The number of morpholine rings is 1. The van der Waals surface area contributed by atoms with Crippen LogP contribution in [0, 0.1) is 0 Å². The number of anilines is 1. The number of aromatic amines is 1. The second-order valence-corrected chi connectivity index (χ2v) is 10.3. The van der Waals surface area contributed by atoms with Crippen LogP contribution in [0.25, 0.3) is 22.4 Å². The smallest absolute Gasteiger partial charge is 0.215 e. The van der Waals surface area contributed by atoms with E-state index in [1.54, 1.807) is 19.4 Å². The minimum Gasteiger partial charge on any atom is -0.481 e. The molecular formula is C21H25N5O4S. The first-order valence-corrected chi connectivity index (χ1v) is 12.2. The van der Waals surface area contributed by atoms with Crippen molar-refractivity contribution in [2.45, 2.75) is 31.1 Å². The van der Waals surface area contributed by atoms with Crippen LogP contribution in [-0.2, 0) is 14.6 Å². The lowest BCUT2D eigenvalue weighted by Crippen LogP contribution is -2.44. The van der Waals surface area contributed by atoms with Gasteiger partial charge in [0.2, 0.25) is 5.88 Å². The van der Waals surface area contributed by atoms with Crippen LogP contribution >= 0.6 is 0 Å². The Labute approximate surface area is 180 Å². The molecular weight excluding hydrogens is 418 g/mol. The second-order valence-electron chi connectivity index (χ2n) is 8.04. The van der Waals surface area contributed by atoms with Crippen LogP contribution in [-0.4, -0.2) is 67.0 Å². The predicted octanol–water partition coefficient (Wildman–Crippen LogP) is 2.50. The molecule has 5 rings (SSSR count). The van der Waals surface area contributed by atoms with Crippen molar-refractivity contribution in [2.75, 3.05) is 37.5 Å². The van der Waals surface area contributed by atoms with Crippen LogP contribution in [0.4, 0.5) is 5.82 Å². The molecule has 0 saturated carbocycles. The first kappa shape index (κ1) is 20.2. The summed E-state index contributed by atoms with van der Waals surface area (Å²) in [6.45, 7) is 3.97. The minimum atomic E-state index is -3.22. The van der Waals surface area contributed by atoms with Crippen molar-refractivity contribution < 1.29 is 17.9 Å². The summed E-state index contributed by atoms with van der Waals surface area (Å²) in [5.74, 6) is 1.83. The van der Waals surface area contributed by atoms with E-state index in [-0.39, 0.29) is 11.8 Å². The molecule has 164 valence electrons. The van der Waals surface area contributed by atoms with Crippen LogP contribution in [0.5, 0.6) is 5.88 Å². The molecule has 5 heterocycles. The second kappa shape index (κ2) is 7.76. The number of hydrogen-bond donors (Lipinski definition) is 1. The van der Waals surface area contributed by atoms with Crippen molar-refractivity contribution in [3.63, 3.8) is 0 Å². The number of nitrogens with zero attached hydrogens (tertiary/aromatic N) is 4. The van der Waals surface area contributed by atoms with Crippen LogP contribution in [0.15, 0.2) is 24.4 Å². The number of nitrogens with one attached hydrogen (secondary N) is 1. The van der Waals surface area contributed by atoms with E-state index in [9.17, 15) is 8.42 Å². The van der Waals surface area contributed by atoms with E-state index in [0.29, 0.717) is 55.6 Å². The molecule has 0 aromatic carbocycles. The van der Waals surface area contributed by atoms with Crippen LogP contribution in [0.1, 0.15) is 30.7 Å². The molecule has 3 aromatic heterocycles. The largest absolute Gasteiger partial charge is 0.481 e. The van der Waals surface area contributed by atoms with Gasteiger partial charge in [0.25, 0.3) is 0 Å². The highest BCUT2D eigenvalue weighted by Crippen LogP contribution is 2.37. The Bertz CT molecular complexity index is 1230. The standard InChI is InChI=1S/C21H25N5O4S/c1-13-12-30-8-7-26(13)18-11-16(17-4-3-9-31(17,27)28)23-21(24-18)15-10-19(29-2)25-20-14(15)5-6-22-20/h5-6,10-11,13,17H,3-4,7-9,12H2,1-2H3,(H,22,25)/t13-,17?/m1/s1. The maximum absolute atomic E-state index is 12.7. The lowest BCUT2D eigenvalue weighted by atomic mass is 10.1. The summed E-state index contributed by atoms with van der Waals surface area (Å²) in [5.41, 5.74) is 1.97. The molecule has 10 heteroatoms. The van der Waals surface area contributed by atoms with Crippen LogP contribution < -0.4 is 9.64 Å². The van der Waals surface area contributed by atoms with Crippen molar-refractivity contribution in [1.29, 1.82) is 0 Å². The Morgan fingerprint density at radius 3 is 2.87 bits per heavy atom. The summed E-state index contributed by atoms with van der Waals surface area (Å²) in [7, 11) is -1.66. The molecule has 0 radical (unpaired) electrons. The first-order chi connectivity index (χ1) is 15.0. The third-order valence-corrected chi connectivity index (χ3v) is 8.21. The summed E-state index contributed by atoms with van der Waals surface area (Å²) in [6, 6.07) is 5.68. The third-order valence-electron chi connectivity index (χ3n) is 6.01. The highest BCUT2D eigenvalue weighted by Gasteiger charge is 2.35. The molecule has 31 heavy (non-hydrogen) atoms. The number of H-pyrrole nitrogens is 1. The van der Waals surface area contributed by atoms with Gasteiger partial charge in [-0.1, -0.05) is 0 Å². The Morgan fingerprint density at radius 2 is 2.13 bits per heavy atom. The molecule has 0 amide bonds. The van der Waals surface area contributed by atoms with Gasteiger partial charge in [-0.25, -0.2) is 18.4 Å². The molecule has 3 aromatic rings. The molecule has 1 unspecified atom stereocenters. The van der Waals surface area contributed by atoms with Gasteiger partial charge < -0.3 is 19.4 Å². The predicted molar refractivity (Wildman–Crippen MR) is 117 cm³/mol. The van der Waals surface area contributed by atoms with Gasteiger partial charge in [0.15, 0.2) is 15.7 Å². The monoisotopic (exact) mass is 443 g/mol. The zero-order valence-corrected chi connectivity index (χ0v) is 18.4. The molecule has 0 bridgehead atoms. The summed E-state index contributed by atoms with van der Waals surface area (Å²) in [4.78, 5) is 19.3. The van der Waals surface area contributed by atoms with E-state index in [0.717, 1.165) is 16.8 Å². The van der Waals surface area contributed by atoms with Gasteiger partial charge in [0.05, 0.1) is 37.8 Å². The molecule has 0 spiro atoms. The molecule has 0 aliphatic carbocycles. The fourth-order valence-electron chi connectivity index (χ4n) is 4.38. The number of sulfone groups is 1. The van der Waals surface area contributed by atoms with Crippen molar-refractivity contribution >= 4 is 26.7 Å². The average molecular weight is 444 g/mol. The first-order valence-electron chi connectivity index (χ1n) is 10.4. The molecule has 2 fully saturated rings. The number of hydrogen-bond acceptors (Lipinski definition) is 8. The number of pyridine rings is 1. The van der Waals surface area contributed by atoms with Crippen LogP contribution in [0.3, 0.4) is 0 Å². The Balaban J connectivity index is 1.71. The highest BCUT2D eigenvalue weighted by molar-refractivity contribution is 7.91. The molecule has 2 aliphatic heterocycles. The fraction of sp³-hybridized carbons (Fsp3) is 0.476. The lowest BCUT2D eigenvalue weighted by Gasteiger charge is -2.34. The van der Waals surface area contributed by atoms with Gasteiger partial charge in [-0.15, -0.1) is 0 Å². The average Bonchev–Trinajstić information content (AvgIpc) is 3.38. The lowest BCUT2D eigenvalue weighted by molar-refractivity contribution is 0.0985. The van der Waals surface area contributed by atoms with Crippen molar-refractivity contribution in [2.24, 2.45) is 0 Å². The number of methoxy groups -OCH3 is 1. The van der Waals surface area contributed by atoms with Gasteiger partial charge in [0, 0.05) is 35.8 Å². The third kappa shape index (κ3) is 3.63. The van der Waals surface area contributed by atoms with Gasteiger partial charge in [-0.05, 0) is 25.8 Å². The summed E-state index contributed by atoms with van der Waals surface area (Å²) < 4.78 is 36.4. The number of fused-ring (bicyclic) bond motifs is 1. The van der Waals surface area contributed by atoms with Gasteiger partial charge in [0.1, 0.15) is 16.7 Å². The number of aromatic nitrogens is 4. The van der Waals surface area contributed by atoms with Crippen LogP contribution in [0.2, 0.25) is 0 Å². The number of rotatable bonds is 4. The van der Waals surface area contributed by atoms with E-state index in [1.807, 2.05) is 12.1 Å². The van der Waals surface area contributed by atoms with Gasteiger partial charge in [-0.3, -0.25) is 0 Å². The Kier molecular flexibility index (Phi) is 5.05. The minimum absolute atomic E-state index is 0.129. The zero-order valence-electron chi connectivity index (χ0n) is 17.5. The van der Waals surface area contributed by atoms with Gasteiger partial charge >= 0.3 is 0 Å². The van der Waals surface area contributed by atoms with E-state index in [1.165, 1.54) is 0 Å². The van der Waals surface area contributed by atoms with E-state index in [2.05, 4.69) is 21.8 Å². The van der Waals surface area contributed by atoms with Crippen molar-refractivity contribution in [3.8, 4) is 17.3 Å². The number of ether oxygens (including phenoxy) is 2. The zero-order chi connectivity index (χ0) is 21.6. The molecule has 2 saturated heterocycles. The summed E-state index contributed by atoms with van der Waals surface area (Å²) >= 11 is 0.